The summed E-state index contributed by atoms with van der Waals surface area (Å²) < 4.78 is 0. The number of amides is 2. The number of hydrogen-bond donors (Lipinski definition) is 1. The Kier molecular flexibility index (Phi) is 4.30. The Balaban J connectivity index is 1.60. The zero-order valence-electron chi connectivity index (χ0n) is 12.3. The van der Waals surface area contributed by atoms with Crippen molar-refractivity contribution in [3.8, 4) is 0 Å². The van der Waals surface area contributed by atoms with E-state index in [9.17, 15) is 9.59 Å². The summed E-state index contributed by atoms with van der Waals surface area (Å²) in [5.41, 5.74) is 1.91. The Hall–Kier alpha value is -2.46. The van der Waals surface area contributed by atoms with Gasteiger partial charge in [0.1, 0.15) is 0 Å². The molecule has 1 atom stereocenters. The highest BCUT2D eigenvalue weighted by Gasteiger charge is 2.41. The van der Waals surface area contributed by atoms with Crippen LogP contribution in [0, 0.1) is 0 Å². The fourth-order valence-corrected chi connectivity index (χ4v) is 2.78. The summed E-state index contributed by atoms with van der Waals surface area (Å²) >= 11 is 0. The molecule has 0 unspecified atom stereocenters. The standard InChI is InChI=1S/C18H18N2O2/c21-17-13-16(19-12-11-14-7-3-1-4-8-14)18(22)20(17)15-9-5-2-6-10-15/h1-10,16,19H,11-13H2/p+1/t16-/m0/s1. The Morgan fingerprint density at radius 1 is 0.955 bits per heavy atom. The van der Waals surface area contributed by atoms with Crippen LogP contribution in [0.4, 0.5) is 5.69 Å². The molecule has 1 fully saturated rings. The highest BCUT2D eigenvalue weighted by atomic mass is 16.2. The quantitative estimate of drug-likeness (QED) is 0.841. The van der Waals surface area contributed by atoms with E-state index in [1.165, 1.54) is 10.5 Å². The number of nitrogens with zero attached hydrogens (tertiary/aromatic N) is 1. The van der Waals surface area contributed by atoms with Gasteiger partial charge in [-0.15, -0.1) is 0 Å². The monoisotopic (exact) mass is 295 g/mol. The third kappa shape index (κ3) is 3.07. The number of rotatable bonds is 5. The molecule has 1 aliphatic rings. The Bertz CT molecular complexity index is 655. The first-order valence-electron chi connectivity index (χ1n) is 7.55. The molecule has 2 aromatic carbocycles. The molecule has 0 aliphatic carbocycles. The van der Waals surface area contributed by atoms with Gasteiger partial charge in [0.05, 0.1) is 18.7 Å². The summed E-state index contributed by atoms with van der Waals surface area (Å²) in [7, 11) is 0. The number of hydrogen-bond acceptors (Lipinski definition) is 2. The molecule has 2 amide bonds. The van der Waals surface area contributed by atoms with E-state index in [2.05, 4.69) is 12.1 Å². The second kappa shape index (κ2) is 6.54. The van der Waals surface area contributed by atoms with Crippen LogP contribution in [0.15, 0.2) is 60.7 Å². The molecule has 0 aromatic heterocycles. The molecule has 0 saturated carbocycles. The average Bonchev–Trinajstić information content (AvgIpc) is 2.83. The molecule has 2 N–H and O–H groups in total. The maximum absolute atomic E-state index is 12.4. The van der Waals surface area contributed by atoms with E-state index < -0.39 is 0 Å². The molecule has 112 valence electrons. The molecule has 0 radical (unpaired) electrons. The predicted molar refractivity (Wildman–Crippen MR) is 84.3 cm³/mol. The van der Waals surface area contributed by atoms with E-state index in [1.807, 2.05) is 41.7 Å². The van der Waals surface area contributed by atoms with Gasteiger partial charge >= 0.3 is 0 Å². The number of para-hydroxylation sites is 1. The van der Waals surface area contributed by atoms with Crippen molar-refractivity contribution in [1.29, 1.82) is 0 Å². The average molecular weight is 295 g/mol. The van der Waals surface area contributed by atoms with Gasteiger partial charge in [0.25, 0.3) is 5.91 Å². The smallest absolute Gasteiger partial charge is 0.292 e. The van der Waals surface area contributed by atoms with Gasteiger partial charge in [0.2, 0.25) is 5.91 Å². The molecule has 1 heterocycles. The Morgan fingerprint density at radius 2 is 1.59 bits per heavy atom. The molecule has 4 heteroatoms. The highest BCUT2D eigenvalue weighted by Crippen LogP contribution is 2.20. The second-order valence-corrected chi connectivity index (χ2v) is 5.47. The van der Waals surface area contributed by atoms with Crippen LogP contribution in [0.1, 0.15) is 12.0 Å². The van der Waals surface area contributed by atoms with Crippen LogP contribution >= 0.6 is 0 Å². The van der Waals surface area contributed by atoms with Crippen molar-refractivity contribution in [2.45, 2.75) is 18.9 Å². The van der Waals surface area contributed by atoms with Crippen molar-refractivity contribution in [2.75, 3.05) is 11.4 Å². The van der Waals surface area contributed by atoms with Gasteiger partial charge < -0.3 is 5.32 Å². The van der Waals surface area contributed by atoms with Crippen LogP contribution in [-0.2, 0) is 16.0 Å². The van der Waals surface area contributed by atoms with E-state index in [0.717, 1.165) is 13.0 Å². The minimum atomic E-state index is -0.295. The van der Waals surface area contributed by atoms with E-state index in [-0.39, 0.29) is 24.3 Å². The summed E-state index contributed by atoms with van der Waals surface area (Å²) in [5, 5.41) is 1.98. The third-order valence-electron chi connectivity index (χ3n) is 3.92. The predicted octanol–water partition coefficient (Wildman–Crippen LogP) is 1.12. The lowest BCUT2D eigenvalue weighted by Gasteiger charge is -2.13. The molecule has 2 aromatic rings. The summed E-state index contributed by atoms with van der Waals surface area (Å²) in [5.74, 6) is -0.221. The van der Waals surface area contributed by atoms with Crippen molar-refractivity contribution in [1.82, 2.24) is 0 Å². The number of nitrogens with two attached hydrogens (primary N) is 1. The van der Waals surface area contributed by atoms with Crippen LogP contribution in [0.25, 0.3) is 0 Å². The van der Waals surface area contributed by atoms with Crippen LogP contribution in [0.5, 0.6) is 0 Å². The van der Waals surface area contributed by atoms with E-state index >= 15 is 0 Å². The lowest BCUT2D eigenvalue weighted by atomic mass is 10.1. The second-order valence-electron chi connectivity index (χ2n) is 5.47. The zero-order chi connectivity index (χ0) is 15.4. The molecule has 0 bridgehead atoms. The first-order chi connectivity index (χ1) is 10.8. The highest BCUT2D eigenvalue weighted by molar-refractivity contribution is 6.21. The van der Waals surface area contributed by atoms with Crippen molar-refractivity contribution in [3.63, 3.8) is 0 Å². The van der Waals surface area contributed by atoms with Crippen molar-refractivity contribution < 1.29 is 14.9 Å². The SMILES string of the molecule is O=C1C[C@H]([NH2+]CCc2ccccc2)C(=O)N1c1ccccc1. The minimum absolute atomic E-state index is 0.107. The van der Waals surface area contributed by atoms with Crippen molar-refractivity contribution in [2.24, 2.45) is 0 Å². The van der Waals surface area contributed by atoms with Gasteiger partial charge in [0.15, 0.2) is 6.04 Å². The van der Waals surface area contributed by atoms with E-state index in [1.54, 1.807) is 12.1 Å². The molecular formula is C18H19N2O2+. The van der Waals surface area contributed by atoms with E-state index in [0.29, 0.717) is 5.69 Å². The third-order valence-corrected chi connectivity index (χ3v) is 3.92. The molecule has 4 nitrogen and oxygen atoms in total. The normalized spacial score (nSPS) is 18.0. The largest absolute Gasteiger partial charge is 0.335 e. The maximum Gasteiger partial charge on any atom is 0.292 e. The van der Waals surface area contributed by atoms with Crippen LogP contribution in [0.2, 0.25) is 0 Å². The van der Waals surface area contributed by atoms with Gasteiger partial charge in [-0.3, -0.25) is 9.59 Å². The molecule has 3 rings (SSSR count). The first kappa shape index (κ1) is 14.5. The van der Waals surface area contributed by atoms with Crippen molar-refractivity contribution in [3.05, 3.63) is 66.2 Å². The number of benzene rings is 2. The summed E-state index contributed by atoms with van der Waals surface area (Å²) in [6.07, 6.45) is 1.17. The van der Waals surface area contributed by atoms with Gasteiger partial charge in [-0.1, -0.05) is 48.5 Å². The Morgan fingerprint density at radius 3 is 2.27 bits per heavy atom. The number of carbonyl (C=O) groups is 2. The first-order valence-corrected chi connectivity index (χ1v) is 7.55. The summed E-state index contributed by atoms with van der Waals surface area (Å²) in [6, 6.07) is 19.0. The lowest BCUT2D eigenvalue weighted by molar-refractivity contribution is -0.674. The Labute approximate surface area is 129 Å². The number of anilines is 1. The van der Waals surface area contributed by atoms with Gasteiger partial charge in [-0.05, 0) is 17.7 Å². The van der Waals surface area contributed by atoms with Crippen LogP contribution in [-0.4, -0.2) is 24.4 Å². The molecule has 1 saturated heterocycles. The fraction of sp³-hybridized carbons (Fsp3) is 0.222. The fourth-order valence-electron chi connectivity index (χ4n) is 2.78. The number of imide groups is 1. The van der Waals surface area contributed by atoms with Crippen LogP contribution in [0.3, 0.4) is 0 Å². The van der Waals surface area contributed by atoms with Gasteiger partial charge in [-0.2, -0.15) is 0 Å². The molecule has 0 spiro atoms. The zero-order valence-corrected chi connectivity index (χ0v) is 12.3. The molecule has 22 heavy (non-hydrogen) atoms. The number of quaternary nitrogens is 1. The lowest BCUT2D eigenvalue weighted by Crippen LogP contribution is -2.92. The summed E-state index contributed by atoms with van der Waals surface area (Å²) in [4.78, 5) is 25.9. The minimum Gasteiger partial charge on any atom is -0.335 e. The van der Waals surface area contributed by atoms with Crippen molar-refractivity contribution >= 4 is 17.5 Å². The summed E-state index contributed by atoms with van der Waals surface area (Å²) in [6.45, 7) is 0.802. The maximum atomic E-state index is 12.4. The number of carbonyl (C=O) groups excluding carboxylic acids is 2. The van der Waals surface area contributed by atoms with Crippen LogP contribution < -0.4 is 10.2 Å². The van der Waals surface area contributed by atoms with E-state index in [4.69, 9.17) is 0 Å². The topological polar surface area (TPSA) is 54.0 Å². The van der Waals surface area contributed by atoms with Gasteiger partial charge in [0, 0.05) is 6.42 Å². The van der Waals surface area contributed by atoms with Gasteiger partial charge in [-0.25, -0.2) is 4.90 Å². The molecular weight excluding hydrogens is 276 g/mol. The molecule has 1 aliphatic heterocycles.